The van der Waals surface area contributed by atoms with Crippen molar-refractivity contribution in [1.29, 1.82) is 0 Å². The zero-order valence-corrected chi connectivity index (χ0v) is 18.5. The molecule has 0 radical (unpaired) electrons. The smallest absolute Gasteiger partial charge is 0.277 e. The summed E-state index contributed by atoms with van der Waals surface area (Å²) in [4.78, 5) is 45.8. The molecule has 0 aromatic carbocycles. The van der Waals surface area contributed by atoms with Gasteiger partial charge in [0.2, 0.25) is 0 Å². The molecule has 2 aromatic heterocycles. The molecule has 2 N–H and O–H groups in total. The Morgan fingerprint density at radius 2 is 0.929 bits per heavy atom. The van der Waals surface area contributed by atoms with Crippen molar-refractivity contribution in [2.24, 2.45) is 14.1 Å². The summed E-state index contributed by atoms with van der Waals surface area (Å²) in [6.45, 7) is 14.6. The molecule has 8 heteroatoms. The number of rotatable bonds is 2. The van der Waals surface area contributed by atoms with E-state index in [2.05, 4.69) is 10.2 Å². The lowest BCUT2D eigenvalue weighted by molar-refractivity contribution is 0.100. The molecule has 0 aliphatic rings. The van der Waals surface area contributed by atoms with Gasteiger partial charge in [0.25, 0.3) is 11.1 Å². The molecule has 0 saturated heterocycles. The van der Waals surface area contributed by atoms with Crippen molar-refractivity contribution in [3.05, 3.63) is 43.2 Å². The predicted molar refractivity (Wildman–Crippen MR) is 109 cm³/mol. The van der Waals surface area contributed by atoms with Crippen molar-refractivity contribution in [2.75, 3.05) is 0 Å². The maximum Gasteiger partial charge on any atom is 0.277 e. The number of Topliss-reactive ketones (excluding diaryl/α,β-unsaturated/α-hetero) is 2. The van der Waals surface area contributed by atoms with E-state index < -0.39 is 0 Å². The highest BCUT2D eigenvalue weighted by Crippen LogP contribution is 2.23. The number of nitrogens with zero attached hydrogens (tertiary/aromatic N) is 2. The molecule has 8 nitrogen and oxygen atoms in total. The number of aromatic amines is 2. The number of hydrogen-bond acceptors (Lipinski definition) is 4. The minimum Gasteiger partial charge on any atom is -0.299 e. The molecule has 2 rings (SSSR count). The Labute approximate surface area is 164 Å². The molecule has 0 unspecified atom stereocenters. The first kappa shape index (κ1) is 23.4. The maximum absolute atomic E-state index is 11.6. The van der Waals surface area contributed by atoms with Gasteiger partial charge < -0.3 is 0 Å². The van der Waals surface area contributed by atoms with Gasteiger partial charge in [-0.2, -0.15) is 0 Å². The van der Waals surface area contributed by atoms with Crippen molar-refractivity contribution < 1.29 is 9.59 Å². The van der Waals surface area contributed by atoms with Crippen LogP contribution in [0.25, 0.3) is 0 Å². The van der Waals surface area contributed by atoms with Crippen LogP contribution in [-0.2, 0) is 24.9 Å². The zero-order valence-electron chi connectivity index (χ0n) is 18.5. The van der Waals surface area contributed by atoms with E-state index in [4.69, 9.17) is 0 Å². The lowest BCUT2D eigenvalue weighted by Gasteiger charge is -2.17. The topological polar surface area (TPSA) is 110 Å². The van der Waals surface area contributed by atoms with Gasteiger partial charge in [-0.15, -0.1) is 0 Å². The first-order valence-electron chi connectivity index (χ1n) is 9.11. The first-order valence-corrected chi connectivity index (χ1v) is 9.11. The van der Waals surface area contributed by atoms with Gasteiger partial charge in [-0.1, -0.05) is 41.5 Å². The average molecular weight is 393 g/mol. The Balaban J connectivity index is 0.000000280. The van der Waals surface area contributed by atoms with Gasteiger partial charge in [-0.25, -0.2) is 0 Å². The predicted octanol–water partition coefficient (Wildman–Crippen LogP) is 2.43. The molecular formula is C20H32N4O4. The van der Waals surface area contributed by atoms with Crippen molar-refractivity contribution in [1.82, 2.24) is 19.6 Å². The van der Waals surface area contributed by atoms with Crippen LogP contribution in [0.4, 0.5) is 0 Å². The third-order valence-electron chi connectivity index (χ3n) is 4.30. The molecule has 0 atom stereocenters. The molecule has 0 amide bonds. The van der Waals surface area contributed by atoms with Crippen LogP contribution < -0.4 is 11.1 Å². The van der Waals surface area contributed by atoms with E-state index in [0.29, 0.717) is 11.4 Å². The van der Waals surface area contributed by atoms with Crippen LogP contribution in [0, 0.1) is 0 Å². The molecule has 0 aliphatic carbocycles. The highest BCUT2D eigenvalue weighted by molar-refractivity contribution is 5.95. The van der Waals surface area contributed by atoms with Crippen LogP contribution >= 0.6 is 0 Å². The zero-order chi connectivity index (χ0) is 22.2. The SMILES string of the molecule is CC(=O)c1c(C(C)(C)C)[nH]n(C)c1=O.CC(=O)c1c(C(C)(C)C)[nH]n(C)c1=O. The number of ketones is 2. The van der Waals surface area contributed by atoms with Crippen LogP contribution in [0.2, 0.25) is 0 Å². The van der Waals surface area contributed by atoms with E-state index >= 15 is 0 Å². The largest absolute Gasteiger partial charge is 0.299 e. The van der Waals surface area contributed by atoms with E-state index in [-0.39, 0.29) is 44.6 Å². The Kier molecular flexibility index (Phi) is 6.49. The van der Waals surface area contributed by atoms with Gasteiger partial charge in [0.15, 0.2) is 11.6 Å². The molecular weight excluding hydrogens is 360 g/mol. The summed E-state index contributed by atoms with van der Waals surface area (Å²) >= 11 is 0. The van der Waals surface area contributed by atoms with E-state index in [0.717, 1.165) is 0 Å². The quantitative estimate of drug-likeness (QED) is 0.765. The minimum atomic E-state index is -0.248. The normalized spacial score (nSPS) is 11.8. The molecule has 2 aromatic rings. The molecule has 0 aliphatic heterocycles. The Morgan fingerprint density at radius 1 is 0.679 bits per heavy atom. The molecule has 0 spiro atoms. The van der Waals surface area contributed by atoms with Gasteiger partial charge in [0.05, 0.1) is 11.4 Å². The Hall–Kier alpha value is -2.64. The van der Waals surface area contributed by atoms with E-state index in [1.54, 1.807) is 14.1 Å². The lowest BCUT2D eigenvalue weighted by atomic mass is 9.88. The molecule has 2 heterocycles. The fourth-order valence-electron chi connectivity index (χ4n) is 2.84. The van der Waals surface area contributed by atoms with Crippen LogP contribution in [0.3, 0.4) is 0 Å². The van der Waals surface area contributed by atoms with Gasteiger partial charge in [-0.3, -0.25) is 38.7 Å². The second-order valence-electron chi connectivity index (χ2n) is 9.06. The van der Waals surface area contributed by atoms with Crippen LogP contribution in [0.1, 0.15) is 87.5 Å². The van der Waals surface area contributed by atoms with Gasteiger partial charge in [0, 0.05) is 24.9 Å². The summed E-state index contributed by atoms with van der Waals surface area (Å²) in [6.07, 6.45) is 0. The number of H-pyrrole nitrogens is 2. The number of carbonyl (C=O) groups is 2. The van der Waals surface area contributed by atoms with Crippen molar-refractivity contribution in [3.8, 4) is 0 Å². The second kappa shape index (κ2) is 7.77. The average Bonchev–Trinajstić information content (AvgIpc) is 2.97. The first-order chi connectivity index (χ1) is 12.5. The number of aromatic nitrogens is 4. The second-order valence-corrected chi connectivity index (χ2v) is 9.06. The number of aryl methyl sites for hydroxylation is 2. The Bertz CT molecular complexity index is 919. The fourth-order valence-corrected chi connectivity index (χ4v) is 2.84. The van der Waals surface area contributed by atoms with Gasteiger partial charge >= 0.3 is 0 Å². The highest BCUT2D eigenvalue weighted by Gasteiger charge is 2.26. The molecule has 0 saturated carbocycles. The van der Waals surface area contributed by atoms with Crippen molar-refractivity contribution in [3.63, 3.8) is 0 Å². The summed E-state index contributed by atoms with van der Waals surface area (Å²) in [5.41, 5.74) is 1.03. The molecule has 0 fully saturated rings. The van der Waals surface area contributed by atoms with Crippen molar-refractivity contribution in [2.45, 2.75) is 66.2 Å². The number of hydrogen-bond donors (Lipinski definition) is 2. The summed E-state index contributed by atoms with van der Waals surface area (Å²) in [5, 5.41) is 5.84. The number of nitrogens with one attached hydrogen (secondary N) is 2. The standard InChI is InChI=1S/2C10H16N2O2/c2*1-6(13)7-8(10(2,3)4)11-12(5)9(7)14/h2*11H,1-5H3. The van der Waals surface area contributed by atoms with Crippen molar-refractivity contribution >= 4 is 11.6 Å². The summed E-state index contributed by atoms with van der Waals surface area (Å²) < 4.78 is 2.69. The fraction of sp³-hybridized carbons (Fsp3) is 0.600. The van der Waals surface area contributed by atoms with Crippen LogP contribution in [0.15, 0.2) is 9.59 Å². The molecule has 0 bridgehead atoms. The third-order valence-corrected chi connectivity index (χ3v) is 4.30. The van der Waals surface area contributed by atoms with E-state index in [1.165, 1.54) is 23.2 Å². The highest BCUT2D eigenvalue weighted by atomic mass is 16.2. The van der Waals surface area contributed by atoms with Crippen LogP contribution in [-0.4, -0.2) is 31.1 Å². The van der Waals surface area contributed by atoms with Gasteiger partial charge in [-0.05, 0) is 13.8 Å². The summed E-state index contributed by atoms with van der Waals surface area (Å²) in [7, 11) is 3.23. The van der Waals surface area contributed by atoms with Gasteiger partial charge in [0.1, 0.15) is 11.1 Å². The maximum atomic E-state index is 11.6. The molecule has 156 valence electrons. The minimum absolute atomic E-state index is 0.184. The molecule has 28 heavy (non-hydrogen) atoms. The monoisotopic (exact) mass is 392 g/mol. The van der Waals surface area contributed by atoms with E-state index in [9.17, 15) is 19.2 Å². The summed E-state index contributed by atoms with van der Waals surface area (Å²) in [5.74, 6) is -0.367. The summed E-state index contributed by atoms with van der Waals surface area (Å²) in [6, 6.07) is 0. The van der Waals surface area contributed by atoms with Crippen LogP contribution in [0.5, 0.6) is 0 Å². The third kappa shape index (κ3) is 4.79. The lowest BCUT2D eigenvalue weighted by Crippen LogP contribution is -2.20. The Morgan fingerprint density at radius 3 is 1.07 bits per heavy atom. The van der Waals surface area contributed by atoms with E-state index in [1.807, 2.05) is 41.5 Å². The number of carbonyl (C=O) groups excluding carboxylic acids is 2.